The van der Waals surface area contributed by atoms with Crippen molar-refractivity contribution in [2.45, 2.75) is 25.0 Å². The molecule has 1 saturated heterocycles. The van der Waals surface area contributed by atoms with E-state index in [1.165, 1.54) is 0 Å². The summed E-state index contributed by atoms with van der Waals surface area (Å²) < 4.78 is 1.77. The molecule has 2 aromatic carbocycles. The first-order chi connectivity index (χ1) is 16.0. The van der Waals surface area contributed by atoms with Gasteiger partial charge in [-0.2, -0.15) is 5.10 Å². The lowest BCUT2D eigenvalue weighted by Crippen LogP contribution is -2.53. The quantitative estimate of drug-likeness (QED) is 0.439. The zero-order valence-corrected chi connectivity index (χ0v) is 18.2. The van der Waals surface area contributed by atoms with E-state index in [9.17, 15) is 14.7 Å². The molecule has 2 aliphatic rings. The molecule has 0 spiro atoms. The van der Waals surface area contributed by atoms with E-state index in [1.54, 1.807) is 20.7 Å². The van der Waals surface area contributed by atoms with Crippen LogP contribution in [0.5, 0.6) is 0 Å². The Hall–Kier alpha value is -3.27. The van der Waals surface area contributed by atoms with Crippen molar-refractivity contribution < 1.29 is 24.8 Å². The normalized spacial score (nSPS) is 17.4. The summed E-state index contributed by atoms with van der Waals surface area (Å²) in [5.41, 5.74) is 2.42. The maximum absolute atomic E-state index is 12.9. The Morgan fingerprint density at radius 3 is 2.30 bits per heavy atom. The molecular formula is C24H26N4O5. The fourth-order valence-corrected chi connectivity index (χ4v) is 4.30. The molecule has 5 rings (SSSR count). The van der Waals surface area contributed by atoms with Crippen LogP contribution in [-0.2, 0) is 16.2 Å². The van der Waals surface area contributed by atoms with Crippen LogP contribution >= 0.6 is 0 Å². The maximum Gasteiger partial charge on any atom is 0.254 e. The molecule has 172 valence electrons. The molecule has 2 fully saturated rings. The molecule has 3 aromatic rings. The Bertz CT molecular complexity index is 1180. The molecular weight excluding hydrogens is 424 g/mol. The molecule has 0 atom stereocenters. The summed E-state index contributed by atoms with van der Waals surface area (Å²) in [6, 6.07) is 13.5. The molecule has 0 bridgehead atoms. The lowest BCUT2D eigenvalue weighted by molar-refractivity contribution is -0.244. The Balaban J connectivity index is 1.24. The fraction of sp³-hybridized carbons (Fsp3) is 0.375. The molecule has 2 amide bonds. The van der Waals surface area contributed by atoms with Crippen molar-refractivity contribution in [3.05, 3.63) is 54.2 Å². The monoisotopic (exact) mass is 450 g/mol. The van der Waals surface area contributed by atoms with E-state index in [-0.39, 0.29) is 18.4 Å². The number of fused-ring (bicyclic) bond motifs is 1. The largest absolute Gasteiger partial charge is 0.380 e. The summed E-state index contributed by atoms with van der Waals surface area (Å²) in [6.07, 6.45) is 2.84. The highest BCUT2D eigenvalue weighted by Crippen LogP contribution is 2.37. The van der Waals surface area contributed by atoms with Crippen LogP contribution in [0.15, 0.2) is 48.7 Å². The first-order valence-electron chi connectivity index (χ1n) is 11.1. The minimum atomic E-state index is -1.16. The molecule has 9 heteroatoms. The standard InChI is InChI=1S/C24H26N4O5/c29-22(26-9-11-27(12-10-26)23(30)24(31)7-8-24)18-3-1-17(2-4-18)19-5-6-21-20(15-19)16-25-28(21)13-14-33-32/h1-6,15-16,31-32H,7-14H2. The van der Waals surface area contributed by atoms with E-state index in [1.807, 2.05) is 42.5 Å². The van der Waals surface area contributed by atoms with Gasteiger partial charge in [-0.1, -0.05) is 18.2 Å². The molecule has 0 radical (unpaired) electrons. The average molecular weight is 450 g/mol. The van der Waals surface area contributed by atoms with Crippen LogP contribution in [0.2, 0.25) is 0 Å². The molecule has 1 aromatic heterocycles. The number of hydrogen-bond acceptors (Lipinski definition) is 6. The van der Waals surface area contributed by atoms with Crippen molar-refractivity contribution >= 4 is 22.7 Å². The average Bonchev–Trinajstić information content (AvgIpc) is 3.49. The second kappa shape index (κ2) is 8.58. The summed E-state index contributed by atoms with van der Waals surface area (Å²) in [7, 11) is 0. The van der Waals surface area contributed by atoms with Gasteiger partial charge < -0.3 is 14.9 Å². The van der Waals surface area contributed by atoms with Crippen LogP contribution in [-0.4, -0.2) is 80.1 Å². The van der Waals surface area contributed by atoms with Crippen LogP contribution in [0.25, 0.3) is 22.0 Å². The number of hydrogen-bond donors (Lipinski definition) is 2. The van der Waals surface area contributed by atoms with Gasteiger partial charge in [0.05, 0.1) is 18.3 Å². The lowest BCUT2D eigenvalue weighted by Gasteiger charge is -2.35. The summed E-state index contributed by atoms with van der Waals surface area (Å²) in [6.45, 7) is 2.45. The van der Waals surface area contributed by atoms with Gasteiger partial charge in [0.2, 0.25) is 0 Å². The van der Waals surface area contributed by atoms with Crippen LogP contribution in [0.1, 0.15) is 23.2 Å². The van der Waals surface area contributed by atoms with Crippen LogP contribution in [0.3, 0.4) is 0 Å². The van der Waals surface area contributed by atoms with Crippen LogP contribution < -0.4 is 0 Å². The molecule has 9 nitrogen and oxygen atoms in total. The number of carbonyl (C=O) groups is 2. The number of aromatic nitrogens is 2. The summed E-state index contributed by atoms with van der Waals surface area (Å²) in [5, 5.41) is 23.9. The zero-order chi connectivity index (χ0) is 23.0. The van der Waals surface area contributed by atoms with Gasteiger partial charge in [-0.05, 0) is 48.2 Å². The predicted molar refractivity (Wildman–Crippen MR) is 120 cm³/mol. The SMILES string of the molecule is O=C(c1ccc(-c2ccc3c(cnn3CCOO)c2)cc1)N1CCN(C(=O)C2(O)CC2)CC1. The van der Waals surface area contributed by atoms with Crippen molar-refractivity contribution in [1.82, 2.24) is 19.6 Å². The number of benzene rings is 2. The Kier molecular flexibility index (Phi) is 5.61. The van der Waals surface area contributed by atoms with Crippen molar-refractivity contribution in [3.63, 3.8) is 0 Å². The van der Waals surface area contributed by atoms with Gasteiger partial charge in [0.15, 0.2) is 0 Å². The van der Waals surface area contributed by atoms with Crippen molar-refractivity contribution in [3.8, 4) is 11.1 Å². The third-order valence-electron chi connectivity index (χ3n) is 6.48. The van der Waals surface area contributed by atoms with Gasteiger partial charge in [-0.3, -0.25) is 19.5 Å². The second-order valence-corrected chi connectivity index (χ2v) is 8.67. The Labute approximate surface area is 190 Å². The summed E-state index contributed by atoms with van der Waals surface area (Å²) in [5.74, 6) is -0.259. The van der Waals surface area contributed by atoms with Gasteiger partial charge in [-0.25, -0.2) is 4.89 Å². The number of aliphatic hydroxyl groups is 1. The molecule has 1 aliphatic carbocycles. The number of rotatable bonds is 6. The van der Waals surface area contributed by atoms with Gasteiger partial charge in [0.25, 0.3) is 11.8 Å². The van der Waals surface area contributed by atoms with E-state index in [2.05, 4.69) is 9.99 Å². The van der Waals surface area contributed by atoms with E-state index in [0.717, 1.165) is 22.0 Å². The maximum atomic E-state index is 12.9. The highest BCUT2D eigenvalue weighted by atomic mass is 17.1. The highest BCUT2D eigenvalue weighted by Gasteiger charge is 2.50. The first-order valence-corrected chi connectivity index (χ1v) is 11.1. The predicted octanol–water partition coefficient (Wildman–Crippen LogP) is 2.00. The Morgan fingerprint density at radius 1 is 0.970 bits per heavy atom. The zero-order valence-electron chi connectivity index (χ0n) is 18.2. The summed E-state index contributed by atoms with van der Waals surface area (Å²) in [4.78, 5) is 32.8. The molecule has 0 unspecified atom stereocenters. The van der Waals surface area contributed by atoms with Crippen molar-refractivity contribution in [2.24, 2.45) is 0 Å². The highest BCUT2D eigenvalue weighted by molar-refractivity contribution is 5.95. The molecule has 2 heterocycles. The fourth-order valence-electron chi connectivity index (χ4n) is 4.30. The minimum Gasteiger partial charge on any atom is -0.380 e. The van der Waals surface area contributed by atoms with Crippen molar-refractivity contribution in [1.29, 1.82) is 0 Å². The third-order valence-corrected chi connectivity index (χ3v) is 6.48. The Morgan fingerprint density at radius 2 is 1.64 bits per heavy atom. The van der Waals surface area contributed by atoms with E-state index in [4.69, 9.17) is 5.26 Å². The molecule has 1 saturated carbocycles. The van der Waals surface area contributed by atoms with Gasteiger partial charge in [0, 0.05) is 37.1 Å². The summed E-state index contributed by atoms with van der Waals surface area (Å²) >= 11 is 0. The van der Waals surface area contributed by atoms with E-state index >= 15 is 0 Å². The van der Waals surface area contributed by atoms with Crippen molar-refractivity contribution in [2.75, 3.05) is 32.8 Å². The number of amides is 2. The number of nitrogens with zero attached hydrogens (tertiary/aromatic N) is 4. The van der Waals surface area contributed by atoms with E-state index in [0.29, 0.717) is 51.1 Å². The van der Waals surface area contributed by atoms with Gasteiger partial charge in [-0.15, -0.1) is 0 Å². The molecule has 33 heavy (non-hydrogen) atoms. The second-order valence-electron chi connectivity index (χ2n) is 8.67. The number of carbonyl (C=O) groups excluding carboxylic acids is 2. The van der Waals surface area contributed by atoms with Gasteiger partial charge in [0.1, 0.15) is 12.2 Å². The van der Waals surface area contributed by atoms with E-state index < -0.39 is 5.60 Å². The smallest absolute Gasteiger partial charge is 0.254 e. The molecule has 2 N–H and O–H groups in total. The van der Waals surface area contributed by atoms with Crippen LogP contribution in [0.4, 0.5) is 0 Å². The minimum absolute atomic E-state index is 0.0541. The third kappa shape index (κ3) is 4.22. The lowest BCUT2D eigenvalue weighted by atomic mass is 10.0. The first kappa shape index (κ1) is 21.6. The molecule has 1 aliphatic heterocycles. The van der Waals surface area contributed by atoms with Gasteiger partial charge >= 0.3 is 0 Å². The number of piperazine rings is 1. The topological polar surface area (TPSA) is 108 Å². The van der Waals surface area contributed by atoms with Crippen LogP contribution in [0, 0.1) is 0 Å².